The van der Waals surface area contributed by atoms with Crippen molar-refractivity contribution in [3.8, 4) is 0 Å². The number of nitrogens with zero attached hydrogens (tertiary/aromatic N) is 2. The van der Waals surface area contributed by atoms with Gasteiger partial charge in [-0.3, -0.25) is 9.59 Å². The van der Waals surface area contributed by atoms with E-state index in [0.29, 0.717) is 25.1 Å². The molecule has 0 saturated carbocycles. The molecule has 0 aliphatic carbocycles. The topological polar surface area (TPSA) is 101 Å². The van der Waals surface area contributed by atoms with Crippen LogP contribution >= 0.6 is 0 Å². The number of carbonyl (C=O) groups is 3. The number of amides is 2. The lowest BCUT2D eigenvalue weighted by atomic mass is 10.2. The second-order valence-electron chi connectivity index (χ2n) is 6.84. The molecule has 1 aromatic rings. The van der Waals surface area contributed by atoms with E-state index >= 15 is 0 Å². The van der Waals surface area contributed by atoms with E-state index in [1.807, 2.05) is 0 Å². The summed E-state index contributed by atoms with van der Waals surface area (Å²) >= 11 is 0. The summed E-state index contributed by atoms with van der Waals surface area (Å²) in [4.78, 5) is 39.2. The number of rotatable bonds is 5. The highest BCUT2D eigenvalue weighted by Crippen LogP contribution is 2.22. The van der Waals surface area contributed by atoms with E-state index < -0.39 is 28.3 Å². The van der Waals surface area contributed by atoms with Crippen LogP contribution in [0.4, 0.5) is 5.69 Å². The minimum atomic E-state index is -3.10. The smallest absolute Gasteiger partial charge is 0.338 e. The van der Waals surface area contributed by atoms with E-state index in [2.05, 4.69) is 0 Å². The Balaban J connectivity index is 1.57. The molecule has 0 aromatic heterocycles. The highest BCUT2D eigenvalue weighted by molar-refractivity contribution is 7.91. The summed E-state index contributed by atoms with van der Waals surface area (Å²) in [7, 11) is -1.58. The number of carbonyl (C=O) groups excluding carboxylic acids is 3. The fourth-order valence-electron chi connectivity index (χ4n) is 3.32. The molecule has 1 aromatic carbocycles. The summed E-state index contributed by atoms with van der Waals surface area (Å²) in [5.41, 5.74) is 0.887. The quantitative estimate of drug-likeness (QED) is 0.679. The number of anilines is 1. The van der Waals surface area contributed by atoms with Crippen LogP contribution in [0, 0.1) is 0 Å². The molecular formula is C18H22N2O6S. The second-order valence-corrected chi connectivity index (χ2v) is 9.07. The van der Waals surface area contributed by atoms with Crippen molar-refractivity contribution in [1.29, 1.82) is 0 Å². The van der Waals surface area contributed by atoms with E-state index in [-0.39, 0.29) is 29.0 Å². The highest BCUT2D eigenvalue weighted by Gasteiger charge is 2.33. The molecule has 1 unspecified atom stereocenters. The van der Waals surface area contributed by atoms with Crippen molar-refractivity contribution in [2.24, 2.45) is 0 Å². The third-order valence-corrected chi connectivity index (χ3v) is 6.69. The molecule has 2 aliphatic rings. The van der Waals surface area contributed by atoms with Crippen molar-refractivity contribution < 1.29 is 27.5 Å². The Kier molecular flexibility index (Phi) is 5.50. The van der Waals surface area contributed by atoms with Gasteiger partial charge in [-0.2, -0.15) is 0 Å². The molecule has 0 spiro atoms. The molecule has 0 radical (unpaired) electrons. The second kappa shape index (κ2) is 7.67. The lowest BCUT2D eigenvalue weighted by Gasteiger charge is -2.23. The summed E-state index contributed by atoms with van der Waals surface area (Å²) in [5, 5.41) is 0. The Bertz CT molecular complexity index is 866. The third-order valence-electron chi connectivity index (χ3n) is 4.94. The van der Waals surface area contributed by atoms with Crippen LogP contribution in [-0.2, 0) is 24.2 Å². The van der Waals surface area contributed by atoms with Gasteiger partial charge in [-0.25, -0.2) is 13.2 Å². The lowest BCUT2D eigenvalue weighted by molar-refractivity contribution is -0.134. The Morgan fingerprint density at radius 1 is 1.33 bits per heavy atom. The van der Waals surface area contributed by atoms with Gasteiger partial charge in [0.25, 0.3) is 5.91 Å². The Morgan fingerprint density at radius 3 is 2.74 bits per heavy atom. The molecule has 2 saturated heterocycles. The van der Waals surface area contributed by atoms with Gasteiger partial charge in [-0.1, -0.05) is 6.07 Å². The number of hydrogen-bond donors (Lipinski definition) is 0. The molecule has 1 atom stereocenters. The monoisotopic (exact) mass is 394 g/mol. The molecule has 27 heavy (non-hydrogen) atoms. The molecule has 146 valence electrons. The molecule has 0 N–H and O–H groups in total. The van der Waals surface area contributed by atoms with E-state index in [1.165, 1.54) is 11.9 Å². The first kappa shape index (κ1) is 19.3. The number of benzene rings is 1. The normalized spacial score (nSPS) is 21.3. The van der Waals surface area contributed by atoms with Crippen LogP contribution in [0.2, 0.25) is 0 Å². The predicted molar refractivity (Wildman–Crippen MR) is 98.1 cm³/mol. The first-order valence-electron chi connectivity index (χ1n) is 8.80. The summed E-state index contributed by atoms with van der Waals surface area (Å²) in [5.74, 6) is -1.09. The van der Waals surface area contributed by atoms with Gasteiger partial charge in [0, 0.05) is 31.7 Å². The molecule has 3 rings (SSSR count). The van der Waals surface area contributed by atoms with E-state index in [0.717, 1.165) is 6.42 Å². The van der Waals surface area contributed by atoms with Crippen molar-refractivity contribution in [1.82, 2.24) is 4.90 Å². The summed E-state index contributed by atoms with van der Waals surface area (Å²) in [6, 6.07) is 6.16. The van der Waals surface area contributed by atoms with Crippen molar-refractivity contribution >= 4 is 33.3 Å². The zero-order chi connectivity index (χ0) is 19.6. The number of ether oxygens (including phenoxy) is 1. The molecule has 8 nitrogen and oxygen atoms in total. The number of sulfone groups is 1. The van der Waals surface area contributed by atoms with Crippen LogP contribution in [0.25, 0.3) is 0 Å². The first-order valence-corrected chi connectivity index (χ1v) is 10.6. The fourth-order valence-corrected chi connectivity index (χ4v) is 5.09. The molecule has 0 bridgehead atoms. The highest BCUT2D eigenvalue weighted by atomic mass is 32.2. The van der Waals surface area contributed by atoms with Crippen molar-refractivity contribution in [3.05, 3.63) is 29.8 Å². The fraction of sp³-hybridized carbons (Fsp3) is 0.500. The predicted octanol–water partition coefficient (Wildman–Crippen LogP) is 0.616. The molecule has 2 aliphatic heterocycles. The standard InChI is InChI=1S/C18H22N2O6S/c1-19(15-7-9-27(24,25)12-15)17(22)11-26-18(23)13-4-2-5-14(10-13)20-8-3-6-16(20)21/h2,4-5,10,15H,3,6-9,11-12H2,1H3. The summed E-state index contributed by atoms with van der Waals surface area (Å²) in [6.07, 6.45) is 1.67. The van der Waals surface area contributed by atoms with Crippen LogP contribution < -0.4 is 4.90 Å². The zero-order valence-corrected chi connectivity index (χ0v) is 15.9. The van der Waals surface area contributed by atoms with Crippen LogP contribution in [-0.4, -0.2) is 68.8 Å². The number of hydrogen-bond acceptors (Lipinski definition) is 6. The zero-order valence-electron chi connectivity index (χ0n) is 15.1. The van der Waals surface area contributed by atoms with Gasteiger partial charge in [0.2, 0.25) is 5.91 Å². The summed E-state index contributed by atoms with van der Waals surface area (Å²) < 4.78 is 28.1. The van der Waals surface area contributed by atoms with Crippen molar-refractivity contribution in [2.45, 2.75) is 25.3 Å². The van der Waals surface area contributed by atoms with E-state index in [1.54, 1.807) is 29.2 Å². The SMILES string of the molecule is CN(C(=O)COC(=O)c1cccc(N2CCCC2=O)c1)C1CCS(=O)(=O)C1. The molecule has 9 heteroatoms. The largest absolute Gasteiger partial charge is 0.452 e. The van der Waals surface area contributed by atoms with Gasteiger partial charge in [0.15, 0.2) is 16.4 Å². The van der Waals surface area contributed by atoms with Gasteiger partial charge in [0.1, 0.15) is 0 Å². The maximum absolute atomic E-state index is 12.3. The van der Waals surface area contributed by atoms with Crippen molar-refractivity contribution in [3.63, 3.8) is 0 Å². The van der Waals surface area contributed by atoms with E-state index in [4.69, 9.17) is 4.74 Å². The van der Waals surface area contributed by atoms with Crippen LogP contribution in [0.5, 0.6) is 0 Å². The van der Waals surface area contributed by atoms with Gasteiger partial charge >= 0.3 is 5.97 Å². The average molecular weight is 394 g/mol. The average Bonchev–Trinajstić information content (AvgIpc) is 3.23. The number of esters is 1. The molecule has 2 amide bonds. The van der Waals surface area contributed by atoms with Crippen LogP contribution in [0.1, 0.15) is 29.6 Å². The Morgan fingerprint density at radius 2 is 2.11 bits per heavy atom. The molecular weight excluding hydrogens is 372 g/mol. The maximum Gasteiger partial charge on any atom is 0.338 e. The molecule has 2 fully saturated rings. The summed E-state index contributed by atoms with van der Waals surface area (Å²) in [6.45, 7) is 0.156. The van der Waals surface area contributed by atoms with Crippen LogP contribution in [0.3, 0.4) is 0 Å². The Labute approximate surface area is 158 Å². The van der Waals surface area contributed by atoms with E-state index in [9.17, 15) is 22.8 Å². The third kappa shape index (κ3) is 4.47. The maximum atomic E-state index is 12.3. The van der Waals surface area contributed by atoms with Crippen LogP contribution in [0.15, 0.2) is 24.3 Å². The lowest BCUT2D eigenvalue weighted by Crippen LogP contribution is -2.40. The number of likely N-dealkylation sites (N-methyl/N-ethyl adjacent to an activating group) is 1. The van der Waals surface area contributed by atoms with Gasteiger partial charge < -0.3 is 14.5 Å². The molecule has 2 heterocycles. The minimum absolute atomic E-state index is 0.0174. The first-order chi connectivity index (χ1) is 12.8. The van der Waals surface area contributed by atoms with Gasteiger partial charge in [-0.15, -0.1) is 0 Å². The minimum Gasteiger partial charge on any atom is -0.452 e. The van der Waals surface area contributed by atoms with Gasteiger partial charge in [0.05, 0.1) is 17.1 Å². The van der Waals surface area contributed by atoms with Gasteiger partial charge in [-0.05, 0) is 31.0 Å². The Hall–Kier alpha value is -2.42. The van der Waals surface area contributed by atoms with Crippen molar-refractivity contribution in [2.75, 3.05) is 36.6 Å².